The van der Waals surface area contributed by atoms with E-state index in [1.54, 1.807) is 38.5 Å². The summed E-state index contributed by atoms with van der Waals surface area (Å²) in [4.78, 5) is 11.7. The summed E-state index contributed by atoms with van der Waals surface area (Å²) in [7, 11) is 3.23. The fourth-order valence-corrected chi connectivity index (χ4v) is 2.03. The van der Waals surface area contributed by atoms with Crippen molar-refractivity contribution in [2.24, 2.45) is 0 Å². The van der Waals surface area contributed by atoms with Gasteiger partial charge < -0.3 is 24.8 Å². The zero-order valence-electron chi connectivity index (χ0n) is 13.9. The SMILES string of the molecule is COCCCNC(=O)Nc1ccc(Oc2ccccc2OC)cc1. The molecule has 0 spiro atoms. The van der Waals surface area contributed by atoms with E-state index < -0.39 is 0 Å². The first kappa shape index (κ1) is 17.6. The Balaban J connectivity index is 1.87. The molecule has 0 saturated carbocycles. The van der Waals surface area contributed by atoms with Gasteiger partial charge in [0.1, 0.15) is 5.75 Å². The molecule has 0 atom stereocenters. The largest absolute Gasteiger partial charge is 0.493 e. The van der Waals surface area contributed by atoms with Crippen molar-refractivity contribution in [1.82, 2.24) is 5.32 Å². The van der Waals surface area contributed by atoms with E-state index >= 15 is 0 Å². The molecule has 0 heterocycles. The molecule has 2 aromatic rings. The van der Waals surface area contributed by atoms with Crippen LogP contribution in [0.25, 0.3) is 0 Å². The number of urea groups is 1. The number of amides is 2. The maximum Gasteiger partial charge on any atom is 0.319 e. The maximum absolute atomic E-state index is 11.7. The summed E-state index contributed by atoms with van der Waals surface area (Å²) in [5.74, 6) is 1.96. The molecule has 0 unspecified atom stereocenters. The van der Waals surface area contributed by atoms with Gasteiger partial charge in [-0.1, -0.05) is 12.1 Å². The minimum atomic E-state index is -0.246. The van der Waals surface area contributed by atoms with E-state index in [9.17, 15) is 4.79 Å². The van der Waals surface area contributed by atoms with E-state index in [2.05, 4.69) is 10.6 Å². The van der Waals surface area contributed by atoms with E-state index in [0.29, 0.717) is 36.1 Å². The number of nitrogens with one attached hydrogen (secondary N) is 2. The van der Waals surface area contributed by atoms with Crippen LogP contribution in [0.5, 0.6) is 17.2 Å². The molecule has 6 nitrogen and oxygen atoms in total. The molecule has 24 heavy (non-hydrogen) atoms. The highest BCUT2D eigenvalue weighted by atomic mass is 16.5. The monoisotopic (exact) mass is 330 g/mol. The van der Waals surface area contributed by atoms with Crippen molar-refractivity contribution < 1.29 is 19.0 Å². The van der Waals surface area contributed by atoms with Crippen LogP contribution in [0.3, 0.4) is 0 Å². The first-order chi connectivity index (χ1) is 11.7. The Hall–Kier alpha value is -2.73. The minimum absolute atomic E-state index is 0.246. The number of para-hydroxylation sites is 2. The predicted molar refractivity (Wildman–Crippen MR) is 93.0 cm³/mol. The quantitative estimate of drug-likeness (QED) is 0.725. The summed E-state index contributed by atoms with van der Waals surface area (Å²) in [6.45, 7) is 1.18. The Morgan fingerprint density at radius 2 is 1.71 bits per heavy atom. The fourth-order valence-electron chi connectivity index (χ4n) is 2.03. The van der Waals surface area contributed by atoms with Gasteiger partial charge in [0.2, 0.25) is 0 Å². The van der Waals surface area contributed by atoms with Crippen molar-refractivity contribution in [3.8, 4) is 17.2 Å². The molecule has 0 aliphatic carbocycles. The molecule has 2 rings (SSSR count). The molecule has 2 amide bonds. The first-order valence-electron chi connectivity index (χ1n) is 7.67. The maximum atomic E-state index is 11.7. The number of carbonyl (C=O) groups excluding carboxylic acids is 1. The van der Waals surface area contributed by atoms with Crippen molar-refractivity contribution in [2.45, 2.75) is 6.42 Å². The third-order valence-corrected chi connectivity index (χ3v) is 3.22. The molecule has 0 fully saturated rings. The Bertz CT molecular complexity index is 644. The molecule has 0 aromatic heterocycles. The Morgan fingerprint density at radius 1 is 1.00 bits per heavy atom. The number of methoxy groups -OCH3 is 2. The van der Waals surface area contributed by atoms with Crippen molar-refractivity contribution in [2.75, 3.05) is 32.7 Å². The van der Waals surface area contributed by atoms with E-state index in [-0.39, 0.29) is 6.03 Å². The van der Waals surface area contributed by atoms with Gasteiger partial charge in [0.25, 0.3) is 0 Å². The lowest BCUT2D eigenvalue weighted by Gasteiger charge is -2.11. The lowest BCUT2D eigenvalue weighted by Crippen LogP contribution is -2.29. The molecule has 0 radical (unpaired) electrons. The second kappa shape index (κ2) is 9.42. The normalized spacial score (nSPS) is 10.1. The highest BCUT2D eigenvalue weighted by molar-refractivity contribution is 5.89. The second-order valence-corrected chi connectivity index (χ2v) is 5.00. The minimum Gasteiger partial charge on any atom is -0.493 e. The number of hydrogen-bond acceptors (Lipinski definition) is 4. The van der Waals surface area contributed by atoms with Crippen molar-refractivity contribution in [3.05, 3.63) is 48.5 Å². The van der Waals surface area contributed by atoms with Gasteiger partial charge in [-0.05, 0) is 42.8 Å². The fraction of sp³-hybridized carbons (Fsp3) is 0.278. The molecule has 6 heteroatoms. The molecule has 0 bridgehead atoms. The van der Waals surface area contributed by atoms with Gasteiger partial charge in [0.15, 0.2) is 11.5 Å². The Kier molecular flexibility index (Phi) is 6.91. The number of rotatable bonds is 8. The van der Waals surface area contributed by atoms with E-state index in [0.717, 1.165) is 6.42 Å². The second-order valence-electron chi connectivity index (χ2n) is 5.00. The molecule has 2 N–H and O–H groups in total. The van der Waals surface area contributed by atoms with Crippen LogP contribution in [0.4, 0.5) is 10.5 Å². The van der Waals surface area contributed by atoms with Gasteiger partial charge in [-0.15, -0.1) is 0 Å². The first-order valence-corrected chi connectivity index (χ1v) is 7.67. The van der Waals surface area contributed by atoms with E-state index in [1.165, 1.54) is 0 Å². The van der Waals surface area contributed by atoms with Crippen LogP contribution in [0.15, 0.2) is 48.5 Å². The van der Waals surface area contributed by atoms with Crippen LogP contribution in [0, 0.1) is 0 Å². The van der Waals surface area contributed by atoms with Gasteiger partial charge in [-0.3, -0.25) is 0 Å². The number of anilines is 1. The van der Waals surface area contributed by atoms with Crippen LogP contribution in [0.1, 0.15) is 6.42 Å². The average Bonchev–Trinajstić information content (AvgIpc) is 2.61. The molecule has 0 saturated heterocycles. The predicted octanol–water partition coefficient (Wildman–Crippen LogP) is 3.65. The molecule has 0 aliphatic rings. The molecule has 0 aliphatic heterocycles. The summed E-state index contributed by atoms with van der Waals surface area (Å²) in [6.07, 6.45) is 0.773. The van der Waals surface area contributed by atoms with Crippen LogP contribution >= 0.6 is 0 Å². The topological polar surface area (TPSA) is 68.8 Å². The van der Waals surface area contributed by atoms with E-state index in [4.69, 9.17) is 14.2 Å². The third kappa shape index (κ3) is 5.48. The third-order valence-electron chi connectivity index (χ3n) is 3.22. The van der Waals surface area contributed by atoms with Crippen molar-refractivity contribution in [1.29, 1.82) is 0 Å². The Morgan fingerprint density at radius 3 is 2.38 bits per heavy atom. The summed E-state index contributed by atoms with van der Waals surface area (Å²) in [5.41, 5.74) is 0.687. The highest BCUT2D eigenvalue weighted by Crippen LogP contribution is 2.31. The molecular weight excluding hydrogens is 308 g/mol. The molecule has 2 aromatic carbocycles. The van der Waals surface area contributed by atoms with Crippen LogP contribution in [-0.2, 0) is 4.74 Å². The smallest absolute Gasteiger partial charge is 0.319 e. The Labute approximate surface area is 141 Å². The number of hydrogen-bond donors (Lipinski definition) is 2. The standard InChI is InChI=1S/C18H22N2O4/c1-22-13-5-12-19-18(21)20-14-8-10-15(11-9-14)24-17-7-4-3-6-16(17)23-2/h3-4,6-11H,5,12-13H2,1-2H3,(H2,19,20,21). The van der Waals surface area contributed by atoms with Gasteiger partial charge in [0.05, 0.1) is 7.11 Å². The van der Waals surface area contributed by atoms with E-state index in [1.807, 2.05) is 24.3 Å². The zero-order chi connectivity index (χ0) is 17.2. The van der Waals surface area contributed by atoms with Crippen LogP contribution in [0.2, 0.25) is 0 Å². The van der Waals surface area contributed by atoms with Gasteiger partial charge in [-0.2, -0.15) is 0 Å². The number of ether oxygens (including phenoxy) is 3. The van der Waals surface area contributed by atoms with Gasteiger partial charge in [-0.25, -0.2) is 4.79 Å². The average molecular weight is 330 g/mol. The lowest BCUT2D eigenvalue weighted by atomic mass is 10.3. The van der Waals surface area contributed by atoms with Gasteiger partial charge >= 0.3 is 6.03 Å². The van der Waals surface area contributed by atoms with Crippen LogP contribution < -0.4 is 20.1 Å². The van der Waals surface area contributed by atoms with Gasteiger partial charge in [0, 0.05) is 25.9 Å². The summed E-state index contributed by atoms with van der Waals surface area (Å²) >= 11 is 0. The summed E-state index contributed by atoms with van der Waals surface area (Å²) in [6, 6.07) is 14.3. The number of carbonyl (C=O) groups is 1. The summed E-state index contributed by atoms with van der Waals surface area (Å²) in [5, 5.41) is 5.52. The summed E-state index contributed by atoms with van der Waals surface area (Å²) < 4.78 is 16.0. The highest BCUT2D eigenvalue weighted by Gasteiger charge is 2.05. The van der Waals surface area contributed by atoms with Crippen LogP contribution in [-0.4, -0.2) is 33.4 Å². The molecular formula is C18H22N2O4. The zero-order valence-corrected chi connectivity index (χ0v) is 13.9. The van der Waals surface area contributed by atoms with Crippen molar-refractivity contribution in [3.63, 3.8) is 0 Å². The lowest BCUT2D eigenvalue weighted by molar-refractivity contribution is 0.194. The molecule has 128 valence electrons. The van der Waals surface area contributed by atoms with Crippen molar-refractivity contribution >= 4 is 11.7 Å². The number of benzene rings is 2.